The molecule has 0 radical (unpaired) electrons. The highest BCUT2D eigenvalue weighted by molar-refractivity contribution is 7.91. The third-order valence-corrected chi connectivity index (χ3v) is 7.60. The number of carboxylic acid groups (broad SMARTS) is 1. The third kappa shape index (κ3) is 3.80. The highest BCUT2D eigenvalue weighted by atomic mass is 32.2. The summed E-state index contributed by atoms with van der Waals surface area (Å²) in [5.74, 6) is -1.18. The van der Waals surface area contributed by atoms with Crippen molar-refractivity contribution in [1.29, 1.82) is 0 Å². The molecule has 0 saturated carbocycles. The van der Waals surface area contributed by atoms with Crippen LogP contribution in [0.15, 0.2) is 4.21 Å². The molecule has 0 amide bonds. The van der Waals surface area contributed by atoms with Crippen LogP contribution >= 0.6 is 11.3 Å². The number of aromatic carboxylic acids is 1. The van der Waals surface area contributed by atoms with E-state index >= 15 is 0 Å². The predicted molar refractivity (Wildman–Crippen MR) is 90.1 cm³/mol. The van der Waals surface area contributed by atoms with Gasteiger partial charge in [0.15, 0.2) is 0 Å². The van der Waals surface area contributed by atoms with E-state index in [-0.39, 0.29) is 22.4 Å². The summed E-state index contributed by atoms with van der Waals surface area (Å²) in [6.07, 6.45) is 4.33. The lowest BCUT2D eigenvalue weighted by molar-refractivity contribution is 0.0123. The van der Waals surface area contributed by atoms with Crippen LogP contribution in [0.25, 0.3) is 0 Å². The number of sulfonamides is 1. The first-order valence-electron chi connectivity index (χ1n) is 8.19. The van der Waals surface area contributed by atoms with Crippen LogP contribution in [-0.2, 0) is 27.7 Å². The van der Waals surface area contributed by atoms with E-state index in [4.69, 9.17) is 4.74 Å². The monoisotopic (exact) mass is 374 g/mol. The molecule has 0 aliphatic carbocycles. The molecule has 1 atom stereocenters. The fraction of sp³-hybridized carbons (Fsp3) is 0.667. The van der Waals surface area contributed by atoms with E-state index in [0.29, 0.717) is 31.5 Å². The second kappa shape index (κ2) is 7.49. The SMILES string of the molecule is O=C(O)c1c(S(=O)(=O)NCC[C@H]2CCCCO2)sc2c1CCNC2. The first-order chi connectivity index (χ1) is 11.5. The molecule has 3 heterocycles. The normalized spacial score (nSPS) is 21.4. The van der Waals surface area contributed by atoms with Gasteiger partial charge < -0.3 is 15.2 Å². The molecule has 0 unspecified atom stereocenters. The molecule has 9 heteroatoms. The molecule has 24 heavy (non-hydrogen) atoms. The lowest BCUT2D eigenvalue weighted by Gasteiger charge is -2.22. The molecule has 2 aliphatic heterocycles. The molecule has 3 rings (SSSR count). The maximum Gasteiger partial charge on any atom is 0.338 e. The number of carboxylic acids is 1. The number of hydrogen-bond donors (Lipinski definition) is 3. The van der Waals surface area contributed by atoms with E-state index in [2.05, 4.69) is 10.0 Å². The third-order valence-electron chi connectivity index (χ3n) is 4.39. The molecule has 1 aromatic rings. The average Bonchev–Trinajstić information content (AvgIpc) is 2.96. The predicted octanol–water partition coefficient (Wildman–Crippen LogP) is 1.33. The van der Waals surface area contributed by atoms with Crippen molar-refractivity contribution in [1.82, 2.24) is 10.0 Å². The Labute approximate surface area is 145 Å². The molecular weight excluding hydrogens is 352 g/mol. The summed E-state index contributed by atoms with van der Waals surface area (Å²) in [7, 11) is -3.83. The Morgan fingerprint density at radius 3 is 2.96 bits per heavy atom. The average molecular weight is 374 g/mol. The summed E-state index contributed by atoms with van der Waals surface area (Å²) < 4.78 is 33.2. The van der Waals surface area contributed by atoms with E-state index < -0.39 is 16.0 Å². The molecule has 7 nitrogen and oxygen atoms in total. The van der Waals surface area contributed by atoms with Crippen LogP contribution in [-0.4, -0.2) is 45.3 Å². The van der Waals surface area contributed by atoms with E-state index in [1.165, 1.54) is 0 Å². The summed E-state index contributed by atoms with van der Waals surface area (Å²) in [6.45, 7) is 2.17. The summed E-state index contributed by atoms with van der Waals surface area (Å²) in [5.41, 5.74) is 0.597. The van der Waals surface area contributed by atoms with Gasteiger partial charge in [-0.1, -0.05) is 0 Å². The largest absolute Gasteiger partial charge is 0.478 e. The first kappa shape index (κ1) is 17.8. The van der Waals surface area contributed by atoms with Gasteiger partial charge in [0.1, 0.15) is 4.21 Å². The van der Waals surface area contributed by atoms with Crippen LogP contribution < -0.4 is 10.0 Å². The smallest absolute Gasteiger partial charge is 0.338 e. The Morgan fingerprint density at radius 1 is 1.42 bits per heavy atom. The van der Waals surface area contributed by atoms with Crippen LogP contribution in [0.3, 0.4) is 0 Å². The summed E-state index contributed by atoms with van der Waals surface area (Å²) >= 11 is 1.06. The molecule has 0 spiro atoms. The molecule has 0 aromatic carbocycles. The summed E-state index contributed by atoms with van der Waals surface area (Å²) in [6, 6.07) is 0. The molecule has 134 valence electrons. The van der Waals surface area contributed by atoms with Crippen LogP contribution in [0.2, 0.25) is 0 Å². The van der Waals surface area contributed by atoms with Gasteiger partial charge >= 0.3 is 5.97 Å². The van der Waals surface area contributed by atoms with Gasteiger partial charge in [0.05, 0.1) is 11.7 Å². The van der Waals surface area contributed by atoms with Gasteiger partial charge in [-0.15, -0.1) is 11.3 Å². The molecule has 3 N–H and O–H groups in total. The van der Waals surface area contributed by atoms with Crippen LogP contribution in [0.1, 0.15) is 46.5 Å². The van der Waals surface area contributed by atoms with Crippen molar-refractivity contribution in [3.05, 3.63) is 16.0 Å². The van der Waals surface area contributed by atoms with Gasteiger partial charge in [0, 0.05) is 24.6 Å². The summed E-state index contributed by atoms with van der Waals surface area (Å²) in [5, 5.41) is 12.6. The second-order valence-corrected chi connectivity index (χ2v) is 9.14. The van der Waals surface area contributed by atoms with Crippen LogP contribution in [0, 0.1) is 0 Å². The topological polar surface area (TPSA) is 105 Å². The fourth-order valence-corrected chi connectivity index (χ4v) is 6.12. The number of fused-ring (bicyclic) bond motifs is 1. The standard InChI is InChI=1S/C15H22N2O5S2/c18-14(19)13-11-5-6-16-9-12(11)23-15(13)24(20,21)17-7-4-10-3-1-2-8-22-10/h10,16-17H,1-9H2,(H,18,19)/t10-/m1/s1. The number of carbonyl (C=O) groups is 1. The molecule has 1 aromatic heterocycles. The van der Waals surface area contributed by atoms with E-state index in [1.807, 2.05) is 0 Å². The minimum Gasteiger partial charge on any atom is -0.478 e. The number of ether oxygens (including phenoxy) is 1. The molecular formula is C15H22N2O5S2. The van der Waals surface area contributed by atoms with Gasteiger partial charge in [-0.2, -0.15) is 0 Å². The van der Waals surface area contributed by atoms with Gasteiger partial charge in [-0.25, -0.2) is 17.9 Å². The van der Waals surface area contributed by atoms with Crippen molar-refractivity contribution in [3.63, 3.8) is 0 Å². The van der Waals surface area contributed by atoms with E-state index in [0.717, 1.165) is 42.1 Å². The minimum atomic E-state index is -3.83. The molecule has 0 bridgehead atoms. The Hall–Kier alpha value is -1.00. The highest BCUT2D eigenvalue weighted by Crippen LogP contribution is 2.34. The Morgan fingerprint density at radius 2 is 2.25 bits per heavy atom. The number of hydrogen-bond acceptors (Lipinski definition) is 6. The lowest BCUT2D eigenvalue weighted by Crippen LogP contribution is -2.30. The Kier molecular flexibility index (Phi) is 5.56. The zero-order valence-electron chi connectivity index (χ0n) is 13.3. The van der Waals surface area contributed by atoms with Crippen molar-refractivity contribution >= 4 is 27.3 Å². The van der Waals surface area contributed by atoms with Gasteiger partial charge in [-0.05, 0) is 44.2 Å². The van der Waals surface area contributed by atoms with Crippen molar-refractivity contribution in [3.8, 4) is 0 Å². The summed E-state index contributed by atoms with van der Waals surface area (Å²) in [4.78, 5) is 12.4. The zero-order chi connectivity index (χ0) is 17.2. The van der Waals surface area contributed by atoms with Gasteiger partial charge in [0.25, 0.3) is 10.0 Å². The van der Waals surface area contributed by atoms with Crippen molar-refractivity contribution in [2.45, 2.75) is 49.0 Å². The maximum atomic E-state index is 12.6. The Balaban J connectivity index is 1.74. The highest BCUT2D eigenvalue weighted by Gasteiger charge is 2.31. The quantitative estimate of drug-likeness (QED) is 0.694. The van der Waals surface area contributed by atoms with Crippen molar-refractivity contribution < 1.29 is 23.1 Å². The number of rotatable bonds is 6. The van der Waals surface area contributed by atoms with Gasteiger partial charge in [-0.3, -0.25) is 0 Å². The maximum absolute atomic E-state index is 12.6. The Bertz CT molecular complexity index is 708. The van der Waals surface area contributed by atoms with E-state index in [9.17, 15) is 18.3 Å². The van der Waals surface area contributed by atoms with Crippen molar-refractivity contribution in [2.24, 2.45) is 0 Å². The first-order valence-corrected chi connectivity index (χ1v) is 10.5. The molecule has 2 aliphatic rings. The van der Waals surface area contributed by atoms with Gasteiger partial charge in [0.2, 0.25) is 0 Å². The number of thiophene rings is 1. The minimum absolute atomic E-state index is 0.0575. The molecule has 1 fully saturated rings. The molecule has 1 saturated heterocycles. The lowest BCUT2D eigenvalue weighted by atomic mass is 10.1. The number of nitrogens with one attached hydrogen (secondary N) is 2. The van der Waals surface area contributed by atoms with Crippen LogP contribution in [0.5, 0.6) is 0 Å². The fourth-order valence-electron chi connectivity index (χ4n) is 3.17. The van der Waals surface area contributed by atoms with E-state index in [1.54, 1.807) is 0 Å². The second-order valence-electron chi connectivity index (χ2n) is 6.07. The van der Waals surface area contributed by atoms with Crippen molar-refractivity contribution in [2.75, 3.05) is 19.7 Å². The zero-order valence-corrected chi connectivity index (χ0v) is 15.0. The van der Waals surface area contributed by atoms with Crippen LogP contribution in [0.4, 0.5) is 0 Å².